The highest BCUT2D eigenvalue weighted by molar-refractivity contribution is 7.11. The van der Waals surface area contributed by atoms with Crippen molar-refractivity contribution in [3.63, 3.8) is 0 Å². The van der Waals surface area contributed by atoms with E-state index in [-0.39, 0.29) is 5.56 Å². The smallest absolute Gasteiger partial charge is 0.335 e. The third-order valence-electron chi connectivity index (χ3n) is 2.94. The van der Waals surface area contributed by atoms with Crippen LogP contribution in [0.4, 0.5) is 0 Å². The second-order valence-corrected chi connectivity index (χ2v) is 5.68. The molecule has 1 aromatic heterocycles. The Morgan fingerprint density at radius 1 is 1.45 bits per heavy atom. The van der Waals surface area contributed by atoms with Crippen molar-refractivity contribution in [1.82, 2.24) is 4.98 Å². The SMILES string of the molecule is CCc1nc(CCOc2cccc(C(=O)O)c2)sc1C. The Morgan fingerprint density at radius 3 is 2.90 bits per heavy atom. The summed E-state index contributed by atoms with van der Waals surface area (Å²) in [4.78, 5) is 16.7. The zero-order chi connectivity index (χ0) is 14.5. The van der Waals surface area contributed by atoms with E-state index in [1.165, 1.54) is 10.9 Å². The third kappa shape index (κ3) is 3.57. The van der Waals surface area contributed by atoms with Crippen LogP contribution in [-0.2, 0) is 12.8 Å². The van der Waals surface area contributed by atoms with Crippen LogP contribution >= 0.6 is 11.3 Å². The molecule has 20 heavy (non-hydrogen) atoms. The van der Waals surface area contributed by atoms with Gasteiger partial charge in [0.1, 0.15) is 5.75 Å². The van der Waals surface area contributed by atoms with E-state index in [9.17, 15) is 4.79 Å². The highest BCUT2D eigenvalue weighted by Crippen LogP contribution is 2.19. The van der Waals surface area contributed by atoms with E-state index in [1.807, 2.05) is 0 Å². The van der Waals surface area contributed by atoms with E-state index in [0.717, 1.165) is 23.5 Å². The van der Waals surface area contributed by atoms with Gasteiger partial charge in [-0.15, -0.1) is 11.3 Å². The number of hydrogen-bond donors (Lipinski definition) is 1. The molecule has 0 aliphatic carbocycles. The van der Waals surface area contributed by atoms with Crippen LogP contribution in [0.2, 0.25) is 0 Å². The summed E-state index contributed by atoms with van der Waals surface area (Å²) in [6.45, 7) is 4.68. The van der Waals surface area contributed by atoms with Gasteiger partial charge in [0.25, 0.3) is 0 Å². The predicted molar refractivity (Wildman–Crippen MR) is 78.8 cm³/mol. The van der Waals surface area contributed by atoms with Gasteiger partial charge in [0.15, 0.2) is 0 Å². The molecule has 1 heterocycles. The Morgan fingerprint density at radius 2 is 2.25 bits per heavy atom. The molecule has 0 spiro atoms. The maximum atomic E-state index is 10.9. The van der Waals surface area contributed by atoms with Gasteiger partial charge in [0, 0.05) is 11.3 Å². The minimum atomic E-state index is -0.946. The minimum absolute atomic E-state index is 0.237. The number of hydrogen-bond acceptors (Lipinski definition) is 4. The predicted octanol–water partition coefficient (Wildman–Crippen LogP) is 3.33. The van der Waals surface area contributed by atoms with Crippen molar-refractivity contribution in [2.45, 2.75) is 26.7 Å². The summed E-state index contributed by atoms with van der Waals surface area (Å²) in [5.74, 6) is -0.368. The minimum Gasteiger partial charge on any atom is -0.493 e. The molecule has 2 aromatic rings. The maximum Gasteiger partial charge on any atom is 0.335 e. The molecule has 0 atom stereocenters. The van der Waals surface area contributed by atoms with Crippen LogP contribution in [0.1, 0.15) is 32.9 Å². The van der Waals surface area contributed by atoms with Gasteiger partial charge >= 0.3 is 5.97 Å². The van der Waals surface area contributed by atoms with Gasteiger partial charge < -0.3 is 9.84 Å². The fraction of sp³-hybridized carbons (Fsp3) is 0.333. The number of thiazole rings is 1. The molecule has 0 unspecified atom stereocenters. The molecular formula is C15H17NO3S. The van der Waals surface area contributed by atoms with Crippen LogP contribution in [0.5, 0.6) is 5.75 Å². The zero-order valence-electron chi connectivity index (χ0n) is 11.5. The number of carboxylic acids is 1. The van der Waals surface area contributed by atoms with Crippen LogP contribution in [0, 0.1) is 6.92 Å². The first-order valence-electron chi connectivity index (χ1n) is 6.51. The van der Waals surface area contributed by atoms with Gasteiger partial charge in [-0.25, -0.2) is 9.78 Å². The highest BCUT2D eigenvalue weighted by atomic mass is 32.1. The monoisotopic (exact) mass is 291 g/mol. The summed E-state index contributed by atoms with van der Waals surface area (Å²) in [7, 11) is 0. The van der Waals surface area contributed by atoms with Crippen LogP contribution < -0.4 is 4.74 Å². The lowest BCUT2D eigenvalue weighted by Gasteiger charge is -2.05. The molecule has 0 amide bonds. The van der Waals surface area contributed by atoms with Crippen molar-refractivity contribution in [2.24, 2.45) is 0 Å². The molecule has 0 aliphatic heterocycles. The summed E-state index contributed by atoms with van der Waals surface area (Å²) in [5, 5.41) is 9.97. The fourth-order valence-electron chi connectivity index (χ4n) is 1.90. The molecule has 0 aliphatic rings. The van der Waals surface area contributed by atoms with Crippen molar-refractivity contribution in [3.05, 3.63) is 45.4 Å². The van der Waals surface area contributed by atoms with Crippen molar-refractivity contribution >= 4 is 17.3 Å². The molecule has 1 N–H and O–H groups in total. The topological polar surface area (TPSA) is 59.4 Å². The Kier molecular flexibility index (Phi) is 4.74. The molecule has 106 valence electrons. The molecule has 0 bridgehead atoms. The van der Waals surface area contributed by atoms with Crippen molar-refractivity contribution in [3.8, 4) is 5.75 Å². The lowest BCUT2D eigenvalue weighted by atomic mass is 10.2. The summed E-state index contributed by atoms with van der Waals surface area (Å²) >= 11 is 1.70. The van der Waals surface area contributed by atoms with Gasteiger partial charge in [0.2, 0.25) is 0 Å². The van der Waals surface area contributed by atoms with E-state index in [1.54, 1.807) is 29.5 Å². The van der Waals surface area contributed by atoms with Crippen LogP contribution in [-0.4, -0.2) is 22.7 Å². The number of benzene rings is 1. The van der Waals surface area contributed by atoms with E-state index < -0.39 is 5.97 Å². The first-order valence-corrected chi connectivity index (χ1v) is 7.33. The van der Waals surface area contributed by atoms with Gasteiger partial charge in [-0.3, -0.25) is 0 Å². The second-order valence-electron chi connectivity index (χ2n) is 4.40. The lowest BCUT2D eigenvalue weighted by Crippen LogP contribution is -2.03. The number of carbonyl (C=O) groups is 1. The van der Waals surface area contributed by atoms with Gasteiger partial charge in [-0.05, 0) is 31.5 Å². The zero-order valence-corrected chi connectivity index (χ0v) is 12.4. The Bertz CT molecular complexity index is 607. The Hall–Kier alpha value is -1.88. The molecule has 0 fully saturated rings. The third-order valence-corrected chi connectivity index (χ3v) is 4.01. The fourth-order valence-corrected chi connectivity index (χ4v) is 2.90. The summed E-state index contributed by atoms with van der Waals surface area (Å²) in [6, 6.07) is 6.53. The van der Waals surface area contributed by atoms with Gasteiger partial charge in [0.05, 0.1) is 22.9 Å². The number of aryl methyl sites for hydroxylation is 2. The summed E-state index contributed by atoms with van der Waals surface area (Å²) < 4.78 is 5.59. The highest BCUT2D eigenvalue weighted by Gasteiger charge is 2.07. The maximum absolute atomic E-state index is 10.9. The first-order chi connectivity index (χ1) is 9.60. The normalized spacial score (nSPS) is 10.5. The summed E-state index contributed by atoms with van der Waals surface area (Å²) in [6.07, 6.45) is 1.69. The van der Waals surface area contributed by atoms with Crippen LogP contribution in [0.15, 0.2) is 24.3 Å². The van der Waals surface area contributed by atoms with Gasteiger partial charge in [-0.1, -0.05) is 13.0 Å². The Balaban J connectivity index is 1.92. The van der Waals surface area contributed by atoms with Crippen molar-refractivity contribution in [1.29, 1.82) is 0 Å². The number of nitrogens with zero attached hydrogens (tertiary/aromatic N) is 1. The van der Waals surface area contributed by atoms with Crippen molar-refractivity contribution in [2.75, 3.05) is 6.61 Å². The quantitative estimate of drug-likeness (QED) is 0.887. The molecule has 1 aromatic carbocycles. The number of ether oxygens (including phenoxy) is 1. The molecule has 0 saturated carbocycles. The number of carboxylic acid groups (broad SMARTS) is 1. The van der Waals surface area contributed by atoms with E-state index in [2.05, 4.69) is 18.8 Å². The van der Waals surface area contributed by atoms with E-state index in [0.29, 0.717) is 12.4 Å². The number of aromatic nitrogens is 1. The van der Waals surface area contributed by atoms with Crippen molar-refractivity contribution < 1.29 is 14.6 Å². The summed E-state index contributed by atoms with van der Waals surface area (Å²) in [5.41, 5.74) is 1.39. The number of aromatic carboxylic acids is 1. The van der Waals surface area contributed by atoms with Crippen LogP contribution in [0.3, 0.4) is 0 Å². The second kappa shape index (κ2) is 6.52. The van der Waals surface area contributed by atoms with E-state index >= 15 is 0 Å². The largest absolute Gasteiger partial charge is 0.493 e. The molecular weight excluding hydrogens is 274 g/mol. The molecule has 0 saturated heterocycles. The molecule has 4 nitrogen and oxygen atoms in total. The standard InChI is InChI=1S/C15H17NO3S/c1-3-13-10(2)20-14(16-13)7-8-19-12-6-4-5-11(9-12)15(17)18/h4-6,9H,3,7-8H2,1-2H3,(H,17,18). The molecule has 5 heteroatoms. The van der Waals surface area contributed by atoms with Crippen LogP contribution in [0.25, 0.3) is 0 Å². The average Bonchev–Trinajstić information content (AvgIpc) is 2.79. The lowest BCUT2D eigenvalue weighted by molar-refractivity contribution is 0.0696. The van der Waals surface area contributed by atoms with E-state index in [4.69, 9.17) is 9.84 Å². The Labute approximate surface area is 122 Å². The van der Waals surface area contributed by atoms with Gasteiger partial charge in [-0.2, -0.15) is 0 Å². The molecule has 0 radical (unpaired) electrons. The molecule has 2 rings (SSSR count). The average molecular weight is 291 g/mol. The number of rotatable bonds is 6. The first kappa shape index (κ1) is 14.5.